The topological polar surface area (TPSA) is 37.8 Å². The number of aromatic nitrogens is 2. The summed E-state index contributed by atoms with van der Waals surface area (Å²) in [6, 6.07) is 10.6. The highest BCUT2D eigenvalue weighted by atomic mass is 32.1. The summed E-state index contributed by atoms with van der Waals surface area (Å²) in [5.41, 5.74) is 1.40. The van der Waals surface area contributed by atoms with Gasteiger partial charge < -0.3 is 5.32 Å². The quantitative estimate of drug-likeness (QED) is 0.808. The largest absolute Gasteiger partial charge is 0.310 e. The highest BCUT2D eigenvalue weighted by molar-refractivity contribution is 7.11. The monoisotopic (exact) mass is 289 g/mol. The highest BCUT2D eigenvalue weighted by Crippen LogP contribution is 2.13. The SMILES string of the molecule is CC(C)CNCc1nnc(CCCc2ccccc2)s1. The van der Waals surface area contributed by atoms with Crippen molar-refractivity contribution in [2.24, 2.45) is 5.92 Å². The summed E-state index contributed by atoms with van der Waals surface area (Å²) in [6.07, 6.45) is 3.27. The van der Waals surface area contributed by atoms with Crippen LogP contribution in [0.4, 0.5) is 0 Å². The number of aryl methyl sites for hydroxylation is 2. The standard InChI is InChI=1S/C16H23N3S/c1-13(2)11-17-12-16-19-18-15(20-16)10-6-9-14-7-4-3-5-8-14/h3-5,7-8,13,17H,6,9-12H2,1-2H3. The second-order valence-electron chi connectivity index (χ2n) is 5.45. The van der Waals surface area contributed by atoms with E-state index in [1.54, 1.807) is 11.3 Å². The number of benzene rings is 1. The molecule has 4 heteroatoms. The van der Waals surface area contributed by atoms with Gasteiger partial charge in [0, 0.05) is 13.0 Å². The van der Waals surface area contributed by atoms with E-state index in [0.717, 1.165) is 42.4 Å². The summed E-state index contributed by atoms with van der Waals surface area (Å²) in [6.45, 7) is 6.29. The van der Waals surface area contributed by atoms with Gasteiger partial charge in [-0.1, -0.05) is 44.2 Å². The van der Waals surface area contributed by atoms with Crippen molar-refractivity contribution in [3.63, 3.8) is 0 Å². The first-order valence-corrected chi connectivity index (χ1v) is 8.11. The Balaban J connectivity index is 1.70. The van der Waals surface area contributed by atoms with Crippen LogP contribution in [0.2, 0.25) is 0 Å². The minimum absolute atomic E-state index is 0.674. The lowest BCUT2D eigenvalue weighted by atomic mass is 10.1. The first-order chi connectivity index (χ1) is 9.74. The second kappa shape index (κ2) is 8.12. The van der Waals surface area contributed by atoms with E-state index in [0.29, 0.717) is 5.92 Å². The fourth-order valence-corrected chi connectivity index (χ4v) is 2.87. The number of nitrogens with zero attached hydrogens (tertiary/aromatic N) is 2. The lowest BCUT2D eigenvalue weighted by Crippen LogP contribution is -2.18. The van der Waals surface area contributed by atoms with E-state index >= 15 is 0 Å². The van der Waals surface area contributed by atoms with Gasteiger partial charge in [-0.05, 0) is 30.9 Å². The Morgan fingerprint density at radius 1 is 1.05 bits per heavy atom. The molecule has 0 saturated carbocycles. The van der Waals surface area contributed by atoms with E-state index in [2.05, 4.69) is 59.7 Å². The predicted molar refractivity (Wildman–Crippen MR) is 84.9 cm³/mol. The minimum atomic E-state index is 0.674. The van der Waals surface area contributed by atoms with Gasteiger partial charge in [-0.2, -0.15) is 0 Å². The van der Waals surface area contributed by atoms with Crippen LogP contribution in [0.15, 0.2) is 30.3 Å². The molecule has 3 nitrogen and oxygen atoms in total. The average Bonchev–Trinajstić information content (AvgIpc) is 2.87. The first kappa shape index (κ1) is 15.1. The van der Waals surface area contributed by atoms with Crippen molar-refractivity contribution in [3.8, 4) is 0 Å². The van der Waals surface area contributed by atoms with E-state index < -0.39 is 0 Å². The van der Waals surface area contributed by atoms with Crippen molar-refractivity contribution < 1.29 is 0 Å². The van der Waals surface area contributed by atoms with Gasteiger partial charge in [0.2, 0.25) is 0 Å². The van der Waals surface area contributed by atoms with E-state index in [-0.39, 0.29) is 0 Å². The molecule has 0 spiro atoms. The molecule has 1 aromatic carbocycles. The molecule has 20 heavy (non-hydrogen) atoms. The summed E-state index contributed by atoms with van der Waals surface area (Å²) in [5, 5.41) is 14.2. The molecule has 0 saturated heterocycles. The summed E-state index contributed by atoms with van der Waals surface area (Å²) >= 11 is 1.73. The Morgan fingerprint density at radius 2 is 1.80 bits per heavy atom. The van der Waals surface area contributed by atoms with E-state index in [4.69, 9.17) is 0 Å². The van der Waals surface area contributed by atoms with E-state index in [1.807, 2.05) is 0 Å². The lowest BCUT2D eigenvalue weighted by molar-refractivity contribution is 0.550. The third kappa shape index (κ3) is 5.39. The van der Waals surface area contributed by atoms with Crippen LogP contribution in [0.3, 0.4) is 0 Å². The zero-order valence-electron chi connectivity index (χ0n) is 12.3. The summed E-state index contributed by atoms with van der Waals surface area (Å²) in [7, 11) is 0. The van der Waals surface area contributed by atoms with Crippen molar-refractivity contribution in [3.05, 3.63) is 45.9 Å². The number of nitrogens with one attached hydrogen (secondary N) is 1. The molecule has 1 N–H and O–H groups in total. The van der Waals surface area contributed by atoms with Crippen molar-refractivity contribution in [1.29, 1.82) is 0 Å². The minimum Gasteiger partial charge on any atom is -0.310 e. The Hall–Kier alpha value is -1.26. The van der Waals surface area contributed by atoms with Crippen molar-refractivity contribution in [1.82, 2.24) is 15.5 Å². The molecule has 1 aromatic heterocycles. The normalized spacial score (nSPS) is 11.2. The van der Waals surface area contributed by atoms with E-state index in [9.17, 15) is 0 Å². The Labute approximate surface area is 125 Å². The third-order valence-corrected chi connectivity index (χ3v) is 4.02. The summed E-state index contributed by atoms with van der Waals surface area (Å²) in [5.74, 6) is 0.674. The highest BCUT2D eigenvalue weighted by Gasteiger charge is 2.04. The average molecular weight is 289 g/mol. The van der Waals surface area contributed by atoms with Crippen LogP contribution in [-0.4, -0.2) is 16.7 Å². The summed E-state index contributed by atoms with van der Waals surface area (Å²) < 4.78 is 0. The molecule has 0 unspecified atom stereocenters. The number of rotatable bonds is 8. The molecule has 0 aliphatic heterocycles. The van der Waals surface area contributed by atoms with Gasteiger partial charge in [0.25, 0.3) is 0 Å². The molecular weight excluding hydrogens is 266 g/mol. The number of hydrogen-bond acceptors (Lipinski definition) is 4. The maximum absolute atomic E-state index is 4.27. The Morgan fingerprint density at radius 3 is 2.55 bits per heavy atom. The lowest BCUT2D eigenvalue weighted by Gasteiger charge is -2.03. The molecule has 0 atom stereocenters. The van der Waals surface area contributed by atoms with Gasteiger partial charge in [0.05, 0.1) is 0 Å². The van der Waals surface area contributed by atoms with E-state index in [1.165, 1.54) is 5.56 Å². The molecule has 0 aliphatic rings. The van der Waals surface area contributed by atoms with Crippen LogP contribution in [-0.2, 0) is 19.4 Å². The first-order valence-electron chi connectivity index (χ1n) is 7.30. The molecule has 0 fully saturated rings. The van der Waals surface area contributed by atoms with Gasteiger partial charge in [-0.25, -0.2) is 0 Å². The van der Waals surface area contributed by atoms with Crippen LogP contribution in [0.1, 0.15) is 35.8 Å². The molecule has 0 amide bonds. The van der Waals surface area contributed by atoms with Gasteiger partial charge in [-0.3, -0.25) is 0 Å². The Kier molecular flexibility index (Phi) is 6.15. The molecule has 2 rings (SSSR count). The van der Waals surface area contributed by atoms with Crippen LogP contribution < -0.4 is 5.32 Å². The van der Waals surface area contributed by atoms with Crippen molar-refractivity contribution in [2.45, 2.75) is 39.7 Å². The van der Waals surface area contributed by atoms with Gasteiger partial charge in [0.1, 0.15) is 10.0 Å². The van der Waals surface area contributed by atoms with Gasteiger partial charge in [-0.15, -0.1) is 21.5 Å². The summed E-state index contributed by atoms with van der Waals surface area (Å²) in [4.78, 5) is 0. The van der Waals surface area contributed by atoms with Crippen molar-refractivity contribution >= 4 is 11.3 Å². The Bertz CT molecular complexity index is 493. The van der Waals surface area contributed by atoms with Gasteiger partial charge >= 0.3 is 0 Å². The maximum Gasteiger partial charge on any atom is 0.131 e. The molecule has 1 heterocycles. The second-order valence-corrected chi connectivity index (χ2v) is 6.60. The zero-order chi connectivity index (χ0) is 14.2. The van der Waals surface area contributed by atoms with Crippen LogP contribution in [0.5, 0.6) is 0 Å². The fraction of sp³-hybridized carbons (Fsp3) is 0.500. The van der Waals surface area contributed by atoms with Crippen LogP contribution in [0.25, 0.3) is 0 Å². The molecule has 2 aromatic rings. The molecule has 108 valence electrons. The van der Waals surface area contributed by atoms with Crippen LogP contribution in [0, 0.1) is 5.92 Å². The predicted octanol–water partition coefficient (Wildman–Crippen LogP) is 3.46. The van der Waals surface area contributed by atoms with Crippen LogP contribution >= 0.6 is 11.3 Å². The van der Waals surface area contributed by atoms with Crippen molar-refractivity contribution in [2.75, 3.05) is 6.54 Å². The molecule has 0 bridgehead atoms. The zero-order valence-corrected chi connectivity index (χ0v) is 13.1. The maximum atomic E-state index is 4.27. The molecular formula is C16H23N3S. The van der Waals surface area contributed by atoms with Gasteiger partial charge in [0.15, 0.2) is 0 Å². The molecule has 0 aliphatic carbocycles. The number of hydrogen-bond donors (Lipinski definition) is 1. The third-order valence-electron chi connectivity index (χ3n) is 3.04. The fourth-order valence-electron chi connectivity index (χ4n) is 2.02. The molecule has 0 radical (unpaired) electrons. The smallest absolute Gasteiger partial charge is 0.131 e.